The molecule has 3 heteroatoms. The van der Waals surface area contributed by atoms with E-state index < -0.39 is 0 Å². The molecule has 0 aliphatic heterocycles. The maximum atomic E-state index is 13.4. The van der Waals surface area contributed by atoms with Crippen molar-refractivity contribution in [3.63, 3.8) is 0 Å². The molecular formula is C25H25ClO2. The van der Waals surface area contributed by atoms with Crippen LogP contribution in [-0.4, -0.2) is 10.9 Å². The Morgan fingerprint density at radius 3 is 2.71 bits per heavy atom. The van der Waals surface area contributed by atoms with Gasteiger partial charge in [0.1, 0.15) is 5.75 Å². The molecule has 3 aliphatic rings. The molecule has 0 spiro atoms. The van der Waals surface area contributed by atoms with Gasteiger partial charge in [0.05, 0.1) is 0 Å². The zero-order valence-electron chi connectivity index (χ0n) is 16.1. The number of phenols is 1. The molecule has 2 nitrogen and oxygen atoms in total. The highest BCUT2D eigenvalue weighted by molar-refractivity contribution is 6.30. The Kier molecular flexibility index (Phi) is 4.17. The number of fused-ring (bicyclic) bond motifs is 5. The average Bonchev–Trinajstić information content (AvgIpc) is 2.94. The smallest absolute Gasteiger partial charge is 0.165 e. The summed E-state index contributed by atoms with van der Waals surface area (Å²) in [5.74, 6) is 2.20. The van der Waals surface area contributed by atoms with Crippen LogP contribution in [0.2, 0.25) is 5.02 Å². The lowest BCUT2D eigenvalue weighted by Crippen LogP contribution is -2.42. The third kappa shape index (κ3) is 2.73. The summed E-state index contributed by atoms with van der Waals surface area (Å²) in [7, 11) is 0. The van der Waals surface area contributed by atoms with Gasteiger partial charge >= 0.3 is 0 Å². The van der Waals surface area contributed by atoms with Gasteiger partial charge in [-0.25, -0.2) is 0 Å². The van der Waals surface area contributed by atoms with Crippen LogP contribution < -0.4 is 0 Å². The molecule has 0 amide bonds. The summed E-state index contributed by atoms with van der Waals surface area (Å²) in [6.07, 6.45) is 7.09. The number of carbonyl (C=O) groups excluding carboxylic acids is 1. The van der Waals surface area contributed by atoms with E-state index in [4.69, 9.17) is 11.6 Å². The fourth-order valence-corrected chi connectivity index (χ4v) is 6.25. The quantitative estimate of drug-likeness (QED) is 0.589. The minimum absolute atomic E-state index is 0.228. The summed E-state index contributed by atoms with van der Waals surface area (Å²) in [5, 5.41) is 10.6. The predicted octanol–water partition coefficient (Wildman–Crippen LogP) is 6.16. The molecule has 2 saturated carbocycles. The zero-order chi connectivity index (χ0) is 19.5. The first-order valence-electron chi connectivity index (χ1n) is 10.3. The molecule has 28 heavy (non-hydrogen) atoms. The van der Waals surface area contributed by atoms with E-state index in [9.17, 15) is 9.90 Å². The van der Waals surface area contributed by atoms with Gasteiger partial charge in [-0.15, -0.1) is 0 Å². The number of ketones is 1. The van der Waals surface area contributed by atoms with Crippen LogP contribution in [0, 0.1) is 17.3 Å². The van der Waals surface area contributed by atoms with Gasteiger partial charge in [0.15, 0.2) is 5.78 Å². The maximum Gasteiger partial charge on any atom is 0.165 e. The number of aromatic hydroxyl groups is 1. The molecule has 2 aromatic rings. The van der Waals surface area contributed by atoms with E-state index in [0.717, 1.165) is 48.3 Å². The number of hydrogen-bond donors (Lipinski definition) is 1. The van der Waals surface area contributed by atoms with Crippen molar-refractivity contribution in [1.29, 1.82) is 0 Å². The predicted molar refractivity (Wildman–Crippen MR) is 113 cm³/mol. The molecule has 4 atom stereocenters. The summed E-state index contributed by atoms with van der Waals surface area (Å²) in [6, 6.07) is 13.6. The second-order valence-electron chi connectivity index (χ2n) is 9.01. The Labute approximate surface area is 171 Å². The van der Waals surface area contributed by atoms with Crippen LogP contribution in [-0.2, 0) is 11.2 Å². The monoisotopic (exact) mass is 392 g/mol. The van der Waals surface area contributed by atoms with E-state index in [-0.39, 0.29) is 5.41 Å². The summed E-state index contributed by atoms with van der Waals surface area (Å²) in [4.78, 5) is 13.4. The Morgan fingerprint density at radius 1 is 1.14 bits per heavy atom. The van der Waals surface area contributed by atoms with Gasteiger partial charge < -0.3 is 5.11 Å². The number of rotatable bonds is 1. The summed E-state index contributed by atoms with van der Waals surface area (Å²) in [6.45, 7) is 2.20. The standard InChI is InChI=1S/C25H25ClO2/c1-25-11-10-21-20-9-7-19(27)13-16(20)4-8-22(21)23(25)14-17(24(25)28)12-15-2-5-18(26)6-3-15/h2-3,5-7,9,12-13,21-23,27H,4,8,10-11,14H2,1H3/t21-,22+,23-,25+/m0/s1. The Bertz CT molecular complexity index is 975. The van der Waals surface area contributed by atoms with Gasteiger partial charge in [0.2, 0.25) is 0 Å². The summed E-state index contributed by atoms with van der Waals surface area (Å²) >= 11 is 6.00. The van der Waals surface area contributed by atoms with Crippen molar-refractivity contribution >= 4 is 23.5 Å². The molecule has 3 aliphatic carbocycles. The van der Waals surface area contributed by atoms with Crippen LogP contribution in [0.1, 0.15) is 55.2 Å². The number of hydrogen-bond acceptors (Lipinski definition) is 2. The van der Waals surface area contributed by atoms with E-state index >= 15 is 0 Å². The van der Waals surface area contributed by atoms with Crippen LogP contribution in [0.3, 0.4) is 0 Å². The minimum atomic E-state index is -0.228. The van der Waals surface area contributed by atoms with E-state index in [1.807, 2.05) is 36.4 Å². The number of allylic oxidation sites excluding steroid dienone is 1. The molecule has 1 N–H and O–H groups in total. The first kappa shape index (κ1) is 18.0. The van der Waals surface area contributed by atoms with Crippen LogP contribution >= 0.6 is 11.6 Å². The van der Waals surface area contributed by atoms with E-state index in [1.165, 1.54) is 11.1 Å². The van der Waals surface area contributed by atoms with Crippen molar-refractivity contribution in [3.05, 3.63) is 69.8 Å². The Morgan fingerprint density at radius 2 is 1.93 bits per heavy atom. The number of halogens is 1. The number of phenolic OH excluding ortho intramolecular Hbond substituents is 1. The van der Waals surface area contributed by atoms with Crippen LogP contribution in [0.25, 0.3) is 6.08 Å². The third-order valence-electron chi connectivity index (χ3n) is 7.56. The number of benzene rings is 2. The molecule has 0 bridgehead atoms. The van der Waals surface area contributed by atoms with Crippen molar-refractivity contribution in [2.45, 2.75) is 44.9 Å². The third-order valence-corrected chi connectivity index (χ3v) is 7.81. The second kappa shape index (κ2) is 6.49. The molecule has 0 saturated heterocycles. The number of aryl methyl sites for hydroxylation is 1. The average molecular weight is 393 g/mol. The van der Waals surface area contributed by atoms with Gasteiger partial charge in [-0.05, 0) is 102 Å². The fraction of sp³-hybridized carbons (Fsp3) is 0.400. The van der Waals surface area contributed by atoms with Crippen molar-refractivity contribution in [1.82, 2.24) is 0 Å². The second-order valence-corrected chi connectivity index (χ2v) is 9.45. The van der Waals surface area contributed by atoms with Crippen molar-refractivity contribution in [3.8, 4) is 5.75 Å². The minimum Gasteiger partial charge on any atom is -0.508 e. The zero-order valence-corrected chi connectivity index (χ0v) is 16.9. The highest BCUT2D eigenvalue weighted by Gasteiger charge is 2.56. The van der Waals surface area contributed by atoms with E-state index in [0.29, 0.717) is 29.3 Å². The lowest BCUT2D eigenvalue weighted by Gasteiger charge is -2.48. The van der Waals surface area contributed by atoms with Gasteiger partial charge in [0, 0.05) is 10.4 Å². The van der Waals surface area contributed by atoms with Crippen molar-refractivity contribution in [2.24, 2.45) is 17.3 Å². The summed E-state index contributed by atoms with van der Waals surface area (Å²) < 4.78 is 0. The number of carbonyl (C=O) groups is 1. The molecule has 0 aromatic heterocycles. The summed E-state index contributed by atoms with van der Waals surface area (Å²) in [5.41, 5.74) is 4.50. The number of Topliss-reactive ketones (excluding diaryl/α,β-unsaturated/α-hetero) is 1. The lowest BCUT2D eigenvalue weighted by atomic mass is 9.55. The first-order valence-corrected chi connectivity index (χ1v) is 10.7. The molecule has 0 unspecified atom stereocenters. The van der Waals surface area contributed by atoms with Gasteiger partial charge in [-0.3, -0.25) is 4.79 Å². The molecule has 2 aromatic carbocycles. The molecule has 144 valence electrons. The van der Waals surface area contributed by atoms with Crippen molar-refractivity contribution in [2.75, 3.05) is 0 Å². The normalized spacial score (nSPS) is 32.7. The van der Waals surface area contributed by atoms with Crippen LogP contribution in [0.5, 0.6) is 5.75 Å². The molecular weight excluding hydrogens is 368 g/mol. The largest absolute Gasteiger partial charge is 0.508 e. The SMILES string of the molecule is C[C@@]12CC[C@H]3c4ccc(O)cc4CC[C@H]3[C@@H]1CC(=Cc1ccc(Cl)cc1)C2=O. The highest BCUT2D eigenvalue weighted by atomic mass is 35.5. The van der Waals surface area contributed by atoms with Gasteiger partial charge in [0.25, 0.3) is 0 Å². The van der Waals surface area contributed by atoms with Crippen LogP contribution in [0.15, 0.2) is 48.0 Å². The van der Waals surface area contributed by atoms with E-state index in [1.54, 1.807) is 0 Å². The van der Waals surface area contributed by atoms with Crippen LogP contribution in [0.4, 0.5) is 0 Å². The molecule has 2 fully saturated rings. The Balaban J connectivity index is 1.48. The maximum absolute atomic E-state index is 13.4. The fourth-order valence-electron chi connectivity index (χ4n) is 6.13. The highest BCUT2D eigenvalue weighted by Crippen LogP contribution is 2.60. The van der Waals surface area contributed by atoms with Gasteiger partial charge in [-0.2, -0.15) is 0 Å². The lowest BCUT2D eigenvalue weighted by molar-refractivity contribution is -0.127. The first-order chi connectivity index (χ1) is 13.5. The Hall–Kier alpha value is -2.06. The van der Waals surface area contributed by atoms with E-state index in [2.05, 4.69) is 19.1 Å². The molecule has 0 radical (unpaired) electrons. The molecule has 0 heterocycles. The molecule has 5 rings (SSSR count). The topological polar surface area (TPSA) is 37.3 Å². The van der Waals surface area contributed by atoms with Crippen molar-refractivity contribution < 1.29 is 9.90 Å². The van der Waals surface area contributed by atoms with Gasteiger partial charge in [-0.1, -0.05) is 36.7 Å².